The molecule has 2 fully saturated rings. The highest BCUT2D eigenvalue weighted by molar-refractivity contribution is 7.80. The number of aliphatic imine (C=N–C) groups is 1. The van der Waals surface area contributed by atoms with Crippen LogP contribution in [0.1, 0.15) is 25.7 Å². The Labute approximate surface area is 198 Å². The van der Waals surface area contributed by atoms with Crippen LogP contribution < -0.4 is 26.2 Å². The van der Waals surface area contributed by atoms with Crippen molar-refractivity contribution in [2.45, 2.75) is 25.7 Å². The van der Waals surface area contributed by atoms with Gasteiger partial charge in [-0.3, -0.25) is 4.99 Å². The second-order valence-corrected chi connectivity index (χ2v) is 9.70. The molecule has 8 heteroatoms. The Morgan fingerprint density at radius 2 is 2.03 bits per heavy atom. The van der Waals surface area contributed by atoms with Crippen LogP contribution in [0.3, 0.4) is 0 Å². The van der Waals surface area contributed by atoms with E-state index in [-0.39, 0.29) is 5.92 Å². The van der Waals surface area contributed by atoms with Gasteiger partial charge in [0.05, 0.1) is 35.7 Å². The molecule has 2 aromatic rings. The number of fused-ring (bicyclic) bond motifs is 2. The molecule has 2 atom stereocenters. The number of thiocarbonyl (C=S) groups is 1. The molecular weight excluding hydrogens is 430 g/mol. The summed E-state index contributed by atoms with van der Waals surface area (Å²) in [5.41, 5.74) is 5.04. The van der Waals surface area contributed by atoms with E-state index >= 15 is 0 Å². The minimum absolute atomic E-state index is 0.238. The summed E-state index contributed by atoms with van der Waals surface area (Å²) >= 11 is 5.57. The van der Waals surface area contributed by atoms with Gasteiger partial charge in [0.25, 0.3) is 0 Å². The molecule has 1 saturated heterocycles. The van der Waals surface area contributed by atoms with Gasteiger partial charge in [-0.05, 0) is 60.2 Å². The molecule has 0 amide bonds. The third kappa shape index (κ3) is 4.09. The molecule has 1 saturated carbocycles. The van der Waals surface area contributed by atoms with Crippen LogP contribution in [-0.4, -0.2) is 47.2 Å². The second-order valence-electron chi connectivity index (χ2n) is 9.12. The summed E-state index contributed by atoms with van der Waals surface area (Å²) in [7, 11) is 0. The number of hydrogen-bond acceptors (Lipinski definition) is 8. The Hall–Kier alpha value is -2.97. The molecule has 3 aliphatic heterocycles. The minimum Gasteiger partial charge on any atom is -0.368 e. The molecule has 0 radical (unpaired) electrons. The highest BCUT2D eigenvalue weighted by atomic mass is 32.1. The van der Waals surface area contributed by atoms with Gasteiger partial charge < -0.3 is 15.5 Å². The predicted octanol–water partition coefficient (Wildman–Crippen LogP) is 2.52. The van der Waals surface area contributed by atoms with Crippen molar-refractivity contribution in [2.75, 3.05) is 36.4 Å². The fourth-order valence-corrected chi connectivity index (χ4v) is 5.65. The van der Waals surface area contributed by atoms with Crippen molar-refractivity contribution in [1.82, 2.24) is 15.3 Å². The van der Waals surface area contributed by atoms with Crippen molar-refractivity contribution >= 4 is 46.1 Å². The first-order chi connectivity index (χ1) is 16.2. The lowest BCUT2D eigenvalue weighted by molar-refractivity contribution is 0.430. The Bertz CT molecular complexity index is 1260. The zero-order valence-electron chi connectivity index (χ0n) is 18.5. The Morgan fingerprint density at radius 1 is 1.12 bits per heavy atom. The molecule has 0 spiro atoms. The molecule has 2 unspecified atom stereocenters. The molecule has 0 aromatic carbocycles. The Balaban J connectivity index is 1.28. The number of piperazine rings is 1. The number of nitrogens with one attached hydrogen (secondary N) is 2. The molecular formula is C25H27N7S. The normalized spacial score (nSPS) is 24.1. The third-order valence-corrected chi connectivity index (χ3v) is 7.34. The molecule has 7 nitrogen and oxygen atoms in total. The van der Waals surface area contributed by atoms with Crippen LogP contribution in [0.2, 0.25) is 0 Å². The summed E-state index contributed by atoms with van der Waals surface area (Å²) in [6.07, 6.45) is 12.1. The maximum absolute atomic E-state index is 5.57. The maximum atomic E-state index is 5.57. The van der Waals surface area contributed by atoms with Gasteiger partial charge in [-0.15, -0.1) is 0 Å². The molecule has 2 N–H and O–H groups in total. The summed E-state index contributed by atoms with van der Waals surface area (Å²) in [4.78, 5) is 22.1. The first-order valence-electron chi connectivity index (χ1n) is 11.8. The van der Waals surface area contributed by atoms with Crippen molar-refractivity contribution in [3.05, 3.63) is 53.2 Å². The van der Waals surface area contributed by atoms with Crippen LogP contribution in [0.4, 0.5) is 17.2 Å². The van der Waals surface area contributed by atoms with Crippen molar-refractivity contribution < 1.29 is 0 Å². The fraction of sp³-hybridized carbons (Fsp3) is 0.400. The minimum atomic E-state index is 0.238. The summed E-state index contributed by atoms with van der Waals surface area (Å²) in [6.45, 7) is 4.05. The van der Waals surface area contributed by atoms with Gasteiger partial charge in [-0.1, -0.05) is 12.2 Å². The molecule has 2 aromatic heterocycles. The molecule has 4 aliphatic rings. The first kappa shape index (κ1) is 20.6. The third-order valence-electron chi connectivity index (χ3n) is 6.97. The van der Waals surface area contributed by atoms with Crippen molar-refractivity contribution in [2.24, 2.45) is 21.8 Å². The smallest absolute Gasteiger partial charge is 0.160 e. The largest absolute Gasteiger partial charge is 0.368 e. The zero-order chi connectivity index (χ0) is 22.2. The lowest BCUT2D eigenvalue weighted by Crippen LogP contribution is -2.43. The van der Waals surface area contributed by atoms with E-state index in [9.17, 15) is 0 Å². The molecule has 6 rings (SSSR count). The number of pyridine rings is 2. The maximum Gasteiger partial charge on any atom is 0.160 e. The quantitative estimate of drug-likeness (QED) is 0.687. The fourth-order valence-electron chi connectivity index (χ4n) is 5.30. The highest BCUT2D eigenvalue weighted by Crippen LogP contribution is 2.37. The van der Waals surface area contributed by atoms with E-state index in [4.69, 9.17) is 17.2 Å². The lowest BCUT2D eigenvalue weighted by atomic mass is 9.75. The van der Waals surface area contributed by atoms with E-state index < -0.39 is 0 Å². The summed E-state index contributed by atoms with van der Waals surface area (Å²) in [5.74, 6) is 1.54. The molecule has 5 heterocycles. The highest BCUT2D eigenvalue weighted by Gasteiger charge is 2.32. The predicted molar refractivity (Wildman–Crippen MR) is 136 cm³/mol. The lowest BCUT2D eigenvalue weighted by Gasteiger charge is -2.30. The van der Waals surface area contributed by atoms with Gasteiger partial charge in [0.2, 0.25) is 0 Å². The number of rotatable bonds is 4. The van der Waals surface area contributed by atoms with Crippen LogP contribution in [0.15, 0.2) is 52.5 Å². The Morgan fingerprint density at radius 3 is 2.85 bits per heavy atom. The first-order valence-corrected chi connectivity index (χ1v) is 12.2. The van der Waals surface area contributed by atoms with Crippen LogP contribution in [-0.2, 0) is 0 Å². The number of anilines is 3. The molecule has 0 bridgehead atoms. The van der Waals surface area contributed by atoms with Crippen LogP contribution in [0.5, 0.6) is 0 Å². The topological polar surface area (TPSA) is 77.8 Å². The number of hydrogen-bond donors (Lipinski definition) is 2. The van der Waals surface area contributed by atoms with E-state index in [0.29, 0.717) is 5.92 Å². The second kappa shape index (κ2) is 8.76. The van der Waals surface area contributed by atoms with E-state index in [1.54, 1.807) is 0 Å². The van der Waals surface area contributed by atoms with Gasteiger partial charge in [-0.25, -0.2) is 15.0 Å². The monoisotopic (exact) mass is 457 g/mol. The SMILES string of the molecule is S=C1CCCC(C2C=NC=C3N=c4ncc(Nc5ccc(N6CCNCC6)cn5)cc4=C32)C1. The van der Waals surface area contributed by atoms with E-state index in [2.05, 4.69) is 48.8 Å². The van der Waals surface area contributed by atoms with Gasteiger partial charge >= 0.3 is 0 Å². The number of aromatic nitrogens is 2. The van der Waals surface area contributed by atoms with Crippen LogP contribution in [0.25, 0.3) is 5.57 Å². The van der Waals surface area contributed by atoms with Crippen molar-refractivity contribution in [3.63, 3.8) is 0 Å². The van der Waals surface area contributed by atoms with E-state index in [0.717, 1.165) is 72.6 Å². The van der Waals surface area contributed by atoms with Gasteiger partial charge in [0.1, 0.15) is 5.82 Å². The number of nitrogens with zero attached hydrogens (tertiary/aromatic N) is 5. The number of allylic oxidation sites excluding steroid dienone is 1. The molecule has 168 valence electrons. The standard InChI is InChI=1S/C25H27N7S/c33-19-3-1-2-16(10-19)21-14-27-15-22-24(21)20-11-17(12-29-25(20)31-22)30-23-5-4-18(13-28-23)32-8-6-26-7-9-32/h4-5,11-16,21,26H,1-3,6-10H2,(H,28,30). The summed E-state index contributed by atoms with van der Waals surface area (Å²) in [6, 6.07) is 6.32. The Kier molecular flexibility index (Phi) is 5.47. The van der Waals surface area contributed by atoms with Gasteiger partial charge in [-0.2, -0.15) is 0 Å². The van der Waals surface area contributed by atoms with Crippen LogP contribution >= 0.6 is 12.2 Å². The van der Waals surface area contributed by atoms with Crippen molar-refractivity contribution in [3.8, 4) is 0 Å². The van der Waals surface area contributed by atoms with Gasteiger partial charge in [0, 0.05) is 43.5 Å². The van der Waals surface area contributed by atoms with Gasteiger partial charge in [0.15, 0.2) is 5.49 Å². The van der Waals surface area contributed by atoms with E-state index in [1.807, 2.05) is 24.7 Å². The summed E-state index contributed by atoms with van der Waals surface area (Å²) < 4.78 is 0. The van der Waals surface area contributed by atoms with Crippen molar-refractivity contribution in [1.29, 1.82) is 0 Å². The van der Waals surface area contributed by atoms with Crippen LogP contribution in [0, 0.1) is 11.8 Å². The average Bonchev–Trinajstić information content (AvgIpc) is 3.23. The average molecular weight is 458 g/mol. The summed E-state index contributed by atoms with van der Waals surface area (Å²) in [5, 5.41) is 7.91. The molecule has 33 heavy (non-hydrogen) atoms. The zero-order valence-corrected chi connectivity index (χ0v) is 19.3. The molecule has 1 aliphatic carbocycles. The van der Waals surface area contributed by atoms with E-state index in [1.165, 1.54) is 23.3 Å².